The number of hydrogen-bond acceptors (Lipinski definition) is 3. The lowest BCUT2D eigenvalue weighted by molar-refractivity contribution is 0.501. The van der Waals surface area contributed by atoms with Crippen LogP contribution in [0.1, 0.15) is 31.2 Å². The van der Waals surface area contributed by atoms with Crippen molar-refractivity contribution in [3.8, 4) is 0 Å². The molecule has 3 heteroatoms. The van der Waals surface area contributed by atoms with E-state index in [9.17, 15) is 0 Å². The highest BCUT2D eigenvalue weighted by Crippen LogP contribution is 2.21. The van der Waals surface area contributed by atoms with Crippen LogP contribution in [-0.4, -0.2) is 11.5 Å². The maximum absolute atomic E-state index is 5.66. The van der Waals surface area contributed by atoms with Gasteiger partial charge in [0.1, 0.15) is 5.52 Å². The second kappa shape index (κ2) is 4.03. The van der Waals surface area contributed by atoms with Gasteiger partial charge < -0.3 is 10.2 Å². The first kappa shape index (κ1) is 10.2. The molecule has 1 aromatic carbocycles. The van der Waals surface area contributed by atoms with Crippen LogP contribution < -0.4 is 5.73 Å². The molecule has 0 radical (unpaired) electrons. The van der Waals surface area contributed by atoms with Gasteiger partial charge in [0.15, 0.2) is 11.5 Å². The van der Waals surface area contributed by atoms with E-state index < -0.39 is 0 Å². The van der Waals surface area contributed by atoms with E-state index in [1.165, 1.54) is 5.56 Å². The first-order valence-corrected chi connectivity index (χ1v) is 5.30. The molecule has 15 heavy (non-hydrogen) atoms. The van der Waals surface area contributed by atoms with Crippen LogP contribution in [0.15, 0.2) is 22.6 Å². The summed E-state index contributed by atoms with van der Waals surface area (Å²) >= 11 is 0. The molecular formula is C12H16N2O. The summed E-state index contributed by atoms with van der Waals surface area (Å²) in [6.45, 7) is 4.81. The summed E-state index contributed by atoms with van der Waals surface area (Å²) < 4.78 is 5.66. The summed E-state index contributed by atoms with van der Waals surface area (Å²) in [5, 5.41) is 0. The molecule has 2 N–H and O–H groups in total. The number of fused-ring (bicyclic) bond motifs is 1. The monoisotopic (exact) mass is 204 g/mol. The fourth-order valence-corrected chi connectivity index (χ4v) is 1.56. The minimum Gasteiger partial charge on any atom is -0.440 e. The first-order chi connectivity index (χ1) is 7.20. The van der Waals surface area contributed by atoms with Crippen LogP contribution >= 0.6 is 0 Å². The number of benzene rings is 1. The molecular weight excluding hydrogens is 188 g/mol. The van der Waals surface area contributed by atoms with Gasteiger partial charge in [-0.3, -0.25) is 0 Å². The van der Waals surface area contributed by atoms with E-state index in [-0.39, 0.29) is 0 Å². The molecule has 0 atom stereocenters. The second-order valence-corrected chi connectivity index (χ2v) is 4.05. The van der Waals surface area contributed by atoms with Crippen molar-refractivity contribution in [3.05, 3.63) is 29.7 Å². The standard InChI is InChI=1S/C12H16N2O/c1-8(2)12-14-10-4-3-9(5-6-13)7-11(10)15-12/h3-4,7-8H,5-6,13H2,1-2H3. The summed E-state index contributed by atoms with van der Waals surface area (Å²) in [6, 6.07) is 6.08. The van der Waals surface area contributed by atoms with E-state index >= 15 is 0 Å². The van der Waals surface area contributed by atoms with Crippen molar-refractivity contribution in [1.82, 2.24) is 4.98 Å². The van der Waals surface area contributed by atoms with Gasteiger partial charge in [-0.15, -0.1) is 0 Å². The Kier molecular flexibility index (Phi) is 2.73. The second-order valence-electron chi connectivity index (χ2n) is 4.05. The Labute approximate surface area is 89.3 Å². The molecule has 0 fully saturated rings. The zero-order valence-corrected chi connectivity index (χ0v) is 9.16. The van der Waals surface area contributed by atoms with Crippen LogP contribution in [0, 0.1) is 0 Å². The van der Waals surface area contributed by atoms with Crippen LogP contribution in [0.3, 0.4) is 0 Å². The van der Waals surface area contributed by atoms with E-state index in [2.05, 4.69) is 24.9 Å². The average Bonchev–Trinajstić information content (AvgIpc) is 2.61. The van der Waals surface area contributed by atoms with Crippen molar-refractivity contribution in [2.45, 2.75) is 26.2 Å². The number of aromatic nitrogens is 1. The van der Waals surface area contributed by atoms with Crippen LogP contribution in [0.5, 0.6) is 0 Å². The van der Waals surface area contributed by atoms with Gasteiger partial charge in [0.25, 0.3) is 0 Å². The molecule has 80 valence electrons. The molecule has 0 saturated carbocycles. The summed E-state index contributed by atoms with van der Waals surface area (Å²) in [5.74, 6) is 1.13. The van der Waals surface area contributed by atoms with Gasteiger partial charge in [0.2, 0.25) is 0 Å². The van der Waals surface area contributed by atoms with Crippen molar-refractivity contribution in [2.24, 2.45) is 5.73 Å². The molecule has 0 spiro atoms. The first-order valence-electron chi connectivity index (χ1n) is 5.30. The average molecular weight is 204 g/mol. The van der Waals surface area contributed by atoms with Crippen molar-refractivity contribution in [1.29, 1.82) is 0 Å². The summed E-state index contributed by atoms with van der Waals surface area (Å²) in [7, 11) is 0. The van der Waals surface area contributed by atoms with Crippen LogP contribution in [0.25, 0.3) is 11.1 Å². The van der Waals surface area contributed by atoms with Crippen molar-refractivity contribution >= 4 is 11.1 Å². The fourth-order valence-electron chi connectivity index (χ4n) is 1.56. The van der Waals surface area contributed by atoms with E-state index in [1.807, 2.05) is 12.1 Å². The van der Waals surface area contributed by atoms with Crippen LogP contribution in [0.2, 0.25) is 0 Å². The molecule has 0 aliphatic rings. The lowest BCUT2D eigenvalue weighted by atomic mass is 10.1. The molecule has 3 nitrogen and oxygen atoms in total. The lowest BCUT2D eigenvalue weighted by Crippen LogP contribution is -2.02. The number of nitrogens with zero attached hydrogens (tertiary/aromatic N) is 1. The number of oxazole rings is 1. The molecule has 2 aromatic rings. The van der Waals surface area contributed by atoms with Crippen LogP contribution in [-0.2, 0) is 6.42 Å². The summed E-state index contributed by atoms with van der Waals surface area (Å²) in [5.41, 5.74) is 8.51. The highest BCUT2D eigenvalue weighted by molar-refractivity contribution is 5.73. The van der Waals surface area contributed by atoms with Gasteiger partial charge in [-0.2, -0.15) is 0 Å². The zero-order valence-electron chi connectivity index (χ0n) is 9.16. The Balaban J connectivity index is 2.43. The topological polar surface area (TPSA) is 52.0 Å². The normalized spacial score (nSPS) is 11.5. The SMILES string of the molecule is CC(C)c1nc2ccc(CCN)cc2o1. The van der Waals surface area contributed by atoms with Gasteiger partial charge in [0, 0.05) is 5.92 Å². The Morgan fingerprint density at radius 2 is 2.20 bits per heavy atom. The summed E-state index contributed by atoms with van der Waals surface area (Å²) in [4.78, 5) is 4.42. The molecule has 0 aliphatic heterocycles. The highest BCUT2D eigenvalue weighted by Gasteiger charge is 2.09. The molecule has 2 rings (SSSR count). The lowest BCUT2D eigenvalue weighted by Gasteiger charge is -1.96. The third-order valence-corrected chi connectivity index (χ3v) is 2.40. The van der Waals surface area contributed by atoms with E-state index in [0.717, 1.165) is 23.4 Å². The Morgan fingerprint density at radius 1 is 1.40 bits per heavy atom. The molecule has 0 saturated heterocycles. The number of hydrogen-bond donors (Lipinski definition) is 1. The molecule has 1 aromatic heterocycles. The molecule has 0 amide bonds. The number of nitrogens with two attached hydrogens (primary N) is 1. The third-order valence-electron chi connectivity index (χ3n) is 2.40. The van der Waals surface area contributed by atoms with E-state index in [1.54, 1.807) is 0 Å². The van der Waals surface area contributed by atoms with Gasteiger partial charge in [-0.25, -0.2) is 4.98 Å². The maximum atomic E-state index is 5.66. The summed E-state index contributed by atoms with van der Waals surface area (Å²) in [6.07, 6.45) is 0.883. The van der Waals surface area contributed by atoms with Gasteiger partial charge in [-0.05, 0) is 30.7 Å². The molecule has 0 unspecified atom stereocenters. The third kappa shape index (κ3) is 2.02. The number of rotatable bonds is 3. The smallest absolute Gasteiger partial charge is 0.198 e. The predicted octanol–water partition coefficient (Wildman–Crippen LogP) is 2.45. The van der Waals surface area contributed by atoms with Crippen molar-refractivity contribution in [2.75, 3.05) is 6.54 Å². The van der Waals surface area contributed by atoms with E-state index in [4.69, 9.17) is 10.2 Å². The van der Waals surface area contributed by atoms with Gasteiger partial charge in [-0.1, -0.05) is 19.9 Å². The van der Waals surface area contributed by atoms with Gasteiger partial charge in [0.05, 0.1) is 0 Å². The molecule has 0 bridgehead atoms. The van der Waals surface area contributed by atoms with Crippen molar-refractivity contribution < 1.29 is 4.42 Å². The molecule has 1 heterocycles. The zero-order chi connectivity index (χ0) is 10.8. The molecule has 0 aliphatic carbocycles. The fraction of sp³-hybridized carbons (Fsp3) is 0.417. The maximum Gasteiger partial charge on any atom is 0.198 e. The van der Waals surface area contributed by atoms with Gasteiger partial charge >= 0.3 is 0 Å². The van der Waals surface area contributed by atoms with Crippen LogP contribution in [0.4, 0.5) is 0 Å². The minimum absolute atomic E-state index is 0.329. The highest BCUT2D eigenvalue weighted by atomic mass is 16.3. The van der Waals surface area contributed by atoms with Crippen molar-refractivity contribution in [3.63, 3.8) is 0 Å². The Morgan fingerprint density at radius 3 is 2.87 bits per heavy atom. The Hall–Kier alpha value is -1.35. The van der Waals surface area contributed by atoms with E-state index in [0.29, 0.717) is 12.5 Å². The predicted molar refractivity (Wildman–Crippen MR) is 60.9 cm³/mol. The largest absolute Gasteiger partial charge is 0.440 e. The Bertz CT molecular complexity index is 460. The minimum atomic E-state index is 0.329. The quantitative estimate of drug-likeness (QED) is 0.835.